The van der Waals surface area contributed by atoms with E-state index in [0.717, 1.165) is 13.0 Å². The van der Waals surface area contributed by atoms with Crippen molar-refractivity contribution in [3.63, 3.8) is 0 Å². The summed E-state index contributed by atoms with van der Waals surface area (Å²) < 4.78 is 16.9. The molecule has 0 amide bonds. The first-order valence-electron chi connectivity index (χ1n) is 13.6. The summed E-state index contributed by atoms with van der Waals surface area (Å²) in [6, 6.07) is -0.725. The maximum absolute atomic E-state index is 10.1. The number of nitrogens with two attached hydrogens (primary N) is 1. The van der Waals surface area contributed by atoms with Crippen LogP contribution in [0.4, 0.5) is 0 Å². The lowest BCUT2D eigenvalue weighted by molar-refractivity contribution is -0.166. The van der Waals surface area contributed by atoms with E-state index in [4.69, 9.17) is 19.9 Å². The van der Waals surface area contributed by atoms with E-state index in [1.165, 1.54) is 95.2 Å². The minimum absolute atomic E-state index is 0.107. The van der Waals surface area contributed by atoms with Gasteiger partial charge in [0.2, 0.25) is 0 Å². The molecule has 1 saturated heterocycles. The van der Waals surface area contributed by atoms with Gasteiger partial charge in [0.25, 0.3) is 0 Å². The summed E-state index contributed by atoms with van der Waals surface area (Å²) >= 11 is 1.42. The lowest BCUT2D eigenvalue weighted by Crippen LogP contribution is -2.61. The molecule has 0 aromatic heterocycles. The van der Waals surface area contributed by atoms with Crippen molar-refractivity contribution in [3.05, 3.63) is 0 Å². The van der Waals surface area contributed by atoms with E-state index in [2.05, 4.69) is 6.92 Å². The second-order valence-electron chi connectivity index (χ2n) is 9.65. The zero-order valence-corrected chi connectivity index (χ0v) is 22.6. The molecular weight excluding hydrogens is 454 g/mol. The quantitative estimate of drug-likeness (QED) is 0.163. The van der Waals surface area contributed by atoms with Crippen molar-refractivity contribution in [2.24, 2.45) is 5.73 Å². The van der Waals surface area contributed by atoms with Crippen LogP contribution in [0.5, 0.6) is 0 Å². The van der Waals surface area contributed by atoms with Gasteiger partial charge in [0.15, 0.2) is 0 Å². The van der Waals surface area contributed by atoms with Crippen LogP contribution in [0.1, 0.15) is 96.8 Å². The Hall–Kier alpha value is 0.0700. The van der Waals surface area contributed by atoms with Crippen LogP contribution >= 0.6 is 11.8 Å². The largest absolute Gasteiger partial charge is 0.394 e. The van der Waals surface area contributed by atoms with E-state index in [-0.39, 0.29) is 12.7 Å². The number of methoxy groups -OCH3 is 1. The number of thioether (sulfide) groups is 1. The van der Waals surface area contributed by atoms with Crippen LogP contribution in [0.15, 0.2) is 0 Å². The fraction of sp³-hybridized carbons (Fsp3) is 1.00. The Labute approximate surface area is 212 Å². The van der Waals surface area contributed by atoms with Crippen LogP contribution in [-0.2, 0) is 14.2 Å². The van der Waals surface area contributed by atoms with Crippen LogP contribution in [0.2, 0.25) is 0 Å². The fourth-order valence-corrected chi connectivity index (χ4v) is 5.49. The molecular formula is C26H53NO6S. The molecule has 0 spiro atoms. The number of hydrogen-bond acceptors (Lipinski definition) is 8. The van der Waals surface area contributed by atoms with Crippen molar-refractivity contribution < 1.29 is 29.5 Å². The molecule has 7 nitrogen and oxygen atoms in total. The lowest BCUT2D eigenvalue weighted by Gasteiger charge is -2.40. The summed E-state index contributed by atoms with van der Waals surface area (Å²) in [5.74, 6) is 0.592. The Morgan fingerprint density at radius 1 is 0.853 bits per heavy atom. The van der Waals surface area contributed by atoms with Crippen molar-refractivity contribution in [1.29, 1.82) is 0 Å². The number of ether oxygens (including phenoxy) is 3. The Balaban J connectivity index is 1.97. The second kappa shape index (κ2) is 21.2. The standard InChI is InChI=1S/C26H53NO6S/c1-3-4-5-6-7-8-9-10-11-12-13-14-15-16-17-32-19-21(31-2)20-34-26-23(27)25(30)24(29)22(18-28)33-26/h21-26,28-30H,3-20,27H2,1-2H3/t21-,22-,23-,24-,25-,26-/m1/s1. The summed E-state index contributed by atoms with van der Waals surface area (Å²) in [4.78, 5) is 0. The Bertz CT molecular complexity index is 459. The van der Waals surface area contributed by atoms with Crippen LogP contribution in [0.25, 0.3) is 0 Å². The van der Waals surface area contributed by atoms with Gasteiger partial charge in [-0.25, -0.2) is 0 Å². The van der Waals surface area contributed by atoms with Gasteiger partial charge in [-0.05, 0) is 6.42 Å². The molecule has 0 radical (unpaired) electrons. The molecule has 1 rings (SSSR count). The van der Waals surface area contributed by atoms with Gasteiger partial charge in [-0.15, -0.1) is 11.8 Å². The van der Waals surface area contributed by atoms with Gasteiger partial charge in [-0.3, -0.25) is 0 Å². The van der Waals surface area contributed by atoms with Crippen molar-refractivity contribution >= 4 is 11.8 Å². The average molecular weight is 508 g/mol. The van der Waals surface area contributed by atoms with Crippen LogP contribution in [0, 0.1) is 0 Å². The SMILES string of the molecule is CCCCCCCCCCCCCCCCOC[C@H](CS[C@H]1O[C@H](CO)[C@@H](O)[C@H](O)[C@H]1N)OC. The molecule has 204 valence electrons. The van der Waals surface area contributed by atoms with Crippen LogP contribution in [-0.4, -0.2) is 83.9 Å². The molecule has 0 bridgehead atoms. The van der Waals surface area contributed by atoms with Gasteiger partial charge < -0.3 is 35.3 Å². The Kier molecular flexibility index (Phi) is 20.0. The first kappa shape index (κ1) is 32.1. The minimum atomic E-state index is -1.18. The molecule has 0 aromatic rings. The Morgan fingerprint density at radius 2 is 1.38 bits per heavy atom. The first-order chi connectivity index (χ1) is 16.5. The molecule has 1 aliphatic rings. The Morgan fingerprint density at radius 3 is 1.88 bits per heavy atom. The topological polar surface area (TPSA) is 114 Å². The third-order valence-electron chi connectivity index (χ3n) is 6.65. The highest BCUT2D eigenvalue weighted by Gasteiger charge is 2.42. The number of hydrogen-bond donors (Lipinski definition) is 4. The van der Waals surface area contributed by atoms with E-state index in [1.54, 1.807) is 7.11 Å². The summed E-state index contributed by atoms with van der Waals surface area (Å²) in [5.41, 5.74) is 5.47. The molecule has 0 unspecified atom stereocenters. The van der Waals surface area contributed by atoms with Gasteiger partial charge in [0.05, 0.1) is 25.4 Å². The molecule has 1 aliphatic heterocycles. The summed E-state index contributed by atoms with van der Waals surface area (Å²) in [6.07, 6.45) is 15.6. The molecule has 0 saturated carbocycles. The van der Waals surface area contributed by atoms with Crippen molar-refractivity contribution in [1.82, 2.24) is 0 Å². The highest BCUT2D eigenvalue weighted by Crippen LogP contribution is 2.28. The van der Waals surface area contributed by atoms with Gasteiger partial charge in [-0.1, -0.05) is 90.4 Å². The predicted octanol–water partition coefficient (Wildman–Crippen LogP) is 4.00. The van der Waals surface area contributed by atoms with Gasteiger partial charge >= 0.3 is 0 Å². The van der Waals surface area contributed by atoms with Crippen molar-refractivity contribution in [3.8, 4) is 0 Å². The van der Waals surface area contributed by atoms with E-state index in [0.29, 0.717) is 12.4 Å². The van der Waals surface area contributed by atoms with Crippen molar-refractivity contribution in [2.75, 3.05) is 32.7 Å². The van der Waals surface area contributed by atoms with Gasteiger partial charge in [0.1, 0.15) is 23.7 Å². The van der Waals surface area contributed by atoms with Gasteiger partial charge in [-0.2, -0.15) is 0 Å². The van der Waals surface area contributed by atoms with E-state index < -0.39 is 29.8 Å². The zero-order valence-electron chi connectivity index (χ0n) is 21.7. The van der Waals surface area contributed by atoms with Crippen LogP contribution in [0.3, 0.4) is 0 Å². The summed E-state index contributed by atoms with van der Waals surface area (Å²) in [6.45, 7) is 3.14. The summed E-state index contributed by atoms with van der Waals surface area (Å²) in [7, 11) is 1.65. The number of aliphatic hydroxyl groups is 3. The maximum atomic E-state index is 10.1. The molecule has 34 heavy (non-hydrogen) atoms. The first-order valence-corrected chi connectivity index (χ1v) is 14.7. The molecule has 0 aliphatic carbocycles. The third-order valence-corrected chi connectivity index (χ3v) is 7.97. The second-order valence-corrected chi connectivity index (χ2v) is 10.8. The third kappa shape index (κ3) is 14.0. The lowest BCUT2D eigenvalue weighted by atomic mass is 9.99. The molecule has 0 aromatic carbocycles. The van der Waals surface area contributed by atoms with E-state index in [1.807, 2.05) is 0 Å². The number of unbranched alkanes of at least 4 members (excludes halogenated alkanes) is 13. The number of aliphatic hydroxyl groups excluding tert-OH is 3. The molecule has 5 N–H and O–H groups in total. The summed E-state index contributed by atoms with van der Waals surface area (Å²) in [5, 5.41) is 29.3. The maximum Gasteiger partial charge on any atom is 0.121 e. The smallest absolute Gasteiger partial charge is 0.121 e. The van der Waals surface area contributed by atoms with E-state index >= 15 is 0 Å². The molecule has 6 atom stereocenters. The van der Waals surface area contributed by atoms with Gasteiger partial charge in [0, 0.05) is 19.5 Å². The normalized spacial score (nSPS) is 26.1. The zero-order chi connectivity index (χ0) is 25.0. The molecule has 8 heteroatoms. The number of rotatable bonds is 22. The minimum Gasteiger partial charge on any atom is -0.394 e. The van der Waals surface area contributed by atoms with Crippen LogP contribution < -0.4 is 5.73 Å². The fourth-order valence-electron chi connectivity index (χ4n) is 4.25. The van der Waals surface area contributed by atoms with E-state index in [9.17, 15) is 15.3 Å². The molecule has 1 fully saturated rings. The monoisotopic (exact) mass is 507 g/mol. The predicted molar refractivity (Wildman–Crippen MR) is 140 cm³/mol. The highest BCUT2D eigenvalue weighted by molar-refractivity contribution is 7.99. The highest BCUT2D eigenvalue weighted by atomic mass is 32.2. The molecule has 1 heterocycles. The van der Waals surface area contributed by atoms with Crippen molar-refractivity contribution in [2.45, 2.75) is 133 Å². The average Bonchev–Trinajstić information content (AvgIpc) is 2.85.